The highest BCUT2D eigenvalue weighted by atomic mass is 32.1. The minimum atomic E-state index is 0.201. The first-order valence-electron chi connectivity index (χ1n) is 7.16. The van der Waals surface area contributed by atoms with Gasteiger partial charge in [0.25, 0.3) is 5.91 Å². The Morgan fingerprint density at radius 1 is 1.42 bits per heavy atom. The van der Waals surface area contributed by atoms with Crippen LogP contribution in [-0.4, -0.2) is 36.5 Å². The van der Waals surface area contributed by atoms with E-state index >= 15 is 0 Å². The number of amides is 1. The summed E-state index contributed by atoms with van der Waals surface area (Å²) >= 11 is 1.60. The quantitative estimate of drug-likeness (QED) is 0.920. The third kappa shape index (κ3) is 3.80. The fraction of sp³-hybridized carbons (Fsp3) is 0.667. The number of nitrogens with zero attached hydrogens (tertiary/aromatic N) is 1. The zero-order valence-electron chi connectivity index (χ0n) is 12.1. The predicted molar refractivity (Wildman–Crippen MR) is 80.8 cm³/mol. The van der Waals surface area contributed by atoms with Crippen LogP contribution in [0.15, 0.2) is 12.1 Å². The van der Waals surface area contributed by atoms with Gasteiger partial charge in [-0.2, -0.15) is 0 Å². The van der Waals surface area contributed by atoms with Crippen molar-refractivity contribution in [3.63, 3.8) is 0 Å². The highest BCUT2D eigenvalue weighted by Crippen LogP contribution is 2.21. The molecule has 2 rings (SSSR count). The van der Waals surface area contributed by atoms with Crippen molar-refractivity contribution in [1.29, 1.82) is 0 Å². The van der Waals surface area contributed by atoms with E-state index in [9.17, 15) is 4.79 Å². The predicted octanol–water partition coefficient (Wildman–Crippen LogP) is 2.91. The lowest BCUT2D eigenvalue weighted by Gasteiger charge is -2.32. The summed E-state index contributed by atoms with van der Waals surface area (Å²) in [5.74, 6) is 0.847. The molecule has 0 radical (unpaired) electrons. The first-order chi connectivity index (χ1) is 9.08. The van der Waals surface area contributed by atoms with Crippen molar-refractivity contribution >= 4 is 17.2 Å². The zero-order valence-corrected chi connectivity index (χ0v) is 12.9. The number of thiophene rings is 1. The average Bonchev–Trinajstić information content (AvgIpc) is 2.83. The van der Waals surface area contributed by atoms with E-state index in [0.717, 1.165) is 24.5 Å². The molecule has 0 atom stereocenters. The molecule has 0 bridgehead atoms. The average molecular weight is 280 g/mol. The third-order valence-electron chi connectivity index (χ3n) is 3.75. The van der Waals surface area contributed by atoms with Crippen molar-refractivity contribution in [2.45, 2.75) is 39.7 Å². The molecule has 1 N–H and O–H groups in total. The standard InChI is InChI=1S/C15H24N2OS/c1-11(2)17(10-13-6-8-16-9-7-13)15(18)14-5-4-12(3)19-14/h4-5,11,13,16H,6-10H2,1-3H3. The van der Waals surface area contributed by atoms with E-state index in [0.29, 0.717) is 5.92 Å². The molecule has 1 saturated heterocycles. The van der Waals surface area contributed by atoms with Crippen molar-refractivity contribution in [3.05, 3.63) is 21.9 Å². The number of carbonyl (C=O) groups excluding carboxylic acids is 1. The normalized spacial score (nSPS) is 16.8. The molecule has 106 valence electrons. The molecule has 1 aliphatic heterocycles. The fourth-order valence-corrected chi connectivity index (χ4v) is 3.39. The van der Waals surface area contributed by atoms with Gasteiger partial charge < -0.3 is 10.2 Å². The van der Waals surface area contributed by atoms with Gasteiger partial charge in [0.1, 0.15) is 0 Å². The summed E-state index contributed by atoms with van der Waals surface area (Å²) < 4.78 is 0. The molecular formula is C15H24N2OS. The van der Waals surface area contributed by atoms with Crippen molar-refractivity contribution in [3.8, 4) is 0 Å². The van der Waals surface area contributed by atoms with E-state index < -0.39 is 0 Å². The molecule has 0 unspecified atom stereocenters. The summed E-state index contributed by atoms with van der Waals surface area (Å²) in [5.41, 5.74) is 0. The lowest BCUT2D eigenvalue weighted by molar-refractivity contribution is 0.0663. The third-order valence-corrected chi connectivity index (χ3v) is 4.74. The van der Waals surface area contributed by atoms with E-state index in [-0.39, 0.29) is 11.9 Å². The van der Waals surface area contributed by atoms with Gasteiger partial charge in [-0.3, -0.25) is 4.79 Å². The molecule has 0 saturated carbocycles. The second kappa shape index (κ2) is 6.53. The van der Waals surface area contributed by atoms with Gasteiger partial charge in [-0.25, -0.2) is 0 Å². The lowest BCUT2D eigenvalue weighted by atomic mass is 9.97. The molecule has 2 heterocycles. The van der Waals surface area contributed by atoms with Gasteiger partial charge in [0.2, 0.25) is 0 Å². The van der Waals surface area contributed by atoms with Crippen LogP contribution >= 0.6 is 11.3 Å². The summed E-state index contributed by atoms with van der Waals surface area (Å²) in [6, 6.07) is 4.26. The molecule has 0 aliphatic carbocycles. The second-order valence-electron chi connectivity index (χ2n) is 5.65. The highest BCUT2D eigenvalue weighted by Gasteiger charge is 2.24. The fourth-order valence-electron chi connectivity index (χ4n) is 2.56. The summed E-state index contributed by atoms with van der Waals surface area (Å²) in [6.07, 6.45) is 2.36. The summed E-state index contributed by atoms with van der Waals surface area (Å²) in [7, 11) is 0. The number of carbonyl (C=O) groups is 1. The number of aryl methyl sites for hydroxylation is 1. The number of rotatable bonds is 4. The minimum Gasteiger partial charge on any atom is -0.335 e. The van der Waals surface area contributed by atoms with Crippen LogP contribution in [0.25, 0.3) is 0 Å². The molecule has 0 aromatic carbocycles. The first kappa shape index (κ1) is 14.5. The molecular weight excluding hydrogens is 256 g/mol. The van der Waals surface area contributed by atoms with Gasteiger partial charge in [-0.1, -0.05) is 0 Å². The van der Waals surface area contributed by atoms with E-state index in [4.69, 9.17) is 0 Å². The molecule has 3 nitrogen and oxygen atoms in total. The van der Waals surface area contributed by atoms with Crippen LogP contribution in [0, 0.1) is 12.8 Å². The largest absolute Gasteiger partial charge is 0.335 e. The molecule has 0 spiro atoms. The molecule has 1 aromatic heterocycles. The van der Waals surface area contributed by atoms with Gasteiger partial charge in [-0.05, 0) is 64.8 Å². The Kier molecular flexibility index (Phi) is 4.99. The van der Waals surface area contributed by atoms with E-state index in [1.807, 2.05) is 24.0 Å². The highest BCUT2D eigenvalue weighted by molar-refractivity contribution is 7.13. The molecule has 1 amide bonds. The maximum atomic E-state index is 12.6. The molecule has 1 fully saturated rings. The van der Waals surface area contributed by atoms with Crippen molar-refractivity contribution in [2.24, 2.45) is 5.92 Å². The summed E-state index contributed by atoms with van der Waals surface area (Å²) in [4.78, 5) is 16.7. The van der Waals surface area contributed by atoms with Gasteiger partial charge in [0.05, 0.1) is 4.88 Å². The van der Waals surface area contributed by atoms with Crippen LogP contribution in [0.2, 0.25) is 0 Å². The number of piperidine rings is 1. The molecule has 19 heavy (non-hydrogen) atoms. The Labute approximate surface area is 120 Å². The first-order valence-corrected chi connectivity index (χ1v) is 7.97. The van der Waals surface area contributed by atoms with Crippen molar-refractivity contribution < 1.29 is 4.79 Å². The van der Waals surface area contributed by atoms with Crippen LogP contribution < -0.4 is 5.32 Å². The Hall–Kier alpha value is -0.870. The Morgan fingerprint density at radius 3 is 2.63 bits per heavy atom. The van der Waals surface area contributed by atoms with Gasteiger partial charge >= 0.3 is 0 Å². The molecule has 1 aliphatic rings. The molecule has 1 aromatic rings. The zero-order chi connectivity index (χ0) is 13.8. The van der Waals surface area contributed by atoms with Crippen molar-refractivity contribution in [1.82, 2.24) is 10.2 Å². The summed E-state index contributed by atoms with van der Waals surface area (Å²) in [6.45, 7) is 9.34. The van der Waals surface area contributed by atoms with Gasteiger partial charge in [0, 0.05) is 17.5 Å². The Morgan fingerprint density at radius 2 is 2.11 bits per heavy atom. The van der Waals surface area contributed by atoms with E-state index in [2.05, 4.69) is 19.2 Å². The Balaban J connectivity index is 2.04. The second-order valence-corrected chi connectivity index (χ2v) is 6.94. The van der Waals surface area contributed by atoms with E-state index in [1.165, 1.54) is 17.7 Å². The van der Waals surface area contributed by atoms with Crippen LogP contribution in [0.4, 0.5) is 0 Å². The topological polar surface area (TPSA) is 32.3 Å². The lowest BCUT2D eigenvalue weighted by Crippen LogP contribution is -2.42. The number of hydrogen-bond donors (Lipinski definition) is 1. The number of nitrogens with one attached hydrogen (secondary N) is 1. The van der Waals surface area contributed by atoms with E-state index in [1.54, 1.807) is 11.3 Å². The molecule has 4 heteroatoms. The Bertz CT molecular complexity index is 422. The van der Waals surface area contributed by atoms with Gasteiger partial charge in [0.15, 0.2) is 0 Å². The minimum absolute atomic E-state index is 0.201. The van der Waals surface area contributed by atoms with Crippen LogP contribution in [0.3, 0.4) is 0 Å². The van der Waals surface area contributed by atoms with Crippen LogP contribution in [0.1, 0.15) is 41.2 Å². The van der Waals surface area contributed by atoms with Crippen LogP contribution in [0.5, 0.6) is 0 Å². The maximum absolute atomic E-state index is 12.6. The van der Waals surface area contributed by atoms with Crippen molar-refractivity contribution in [2.75, 3.05) is 19.6 Å². The SMILES string of the molecule is Cc1ccc(C(=O)N(CC2CCNCC2)C(C)C)s1. The number of hydrogen-bond acceptors (Lipinski definition) is 3. The monoisotopic (exact) mass is 280 g/mol. The smallest absolute Gasteiger partial charge is 0.264 e. The van der Waals surface area contributed by atoms with Crippen LogP contribution in [-0.2, 0) is 0 Å². The summed E-state index contributed by atoms with van der Waals surface area (Å²) in [5, 5.41) is 3.38. The van der Waals surface area contributed by atoms with Gasteiger partial charge in [-0.15, -0.1) is 11.3 Å². The maximum Gasteiger partial charge on any atom is 0.264 e.